The molecule has 5 heteroatoms. The highest BCUT2D eigenvalue weighted by Gasteiger charge is 2.09. The lowest BCUT2D eigenvalue weighted by Gasteiger charge is -2.00. The molecule has 0 unspecified atom stereocenters. The number of nitrogens with one attached hydrogen (secondary N) is 1. The maximum atomic E-state index is 13.0. The summed E-state index contributed by atoms with van der Waals surface area (Å²) in [6, 6.07) is 3.20. The van der Waals surface area contributed by atoms with Gasteiger partial charge in [-0.15, -0.1) is 0 Å². The Kier molecular flexibility index (Phi) is 2.27. The van der Waals surface area contributed by atoms with Gasteiger partial charge in [0.2, 0.25) is 0 Å². The molecule has 0 bridgehead atoms. The minimum Gasteiger partial charge on any atom is -0.478 e. The van der Waals surface area contributed by atoms with E-state index in [-0.39, 0.29) is 11.1 Å². The summed E-state index contributed by atoms with van der Waals surface area (Å²) >= 11 is 0. The van der Waals surface area contributed by atoms with Gasteiger partial charge in [-0.2, -0.15) is 0 Å². The van der Waals surface area contributed by atoms with Gasteiger partial charge in [-0.05, 0) is 18.2 Å². The predicted octanol–water partition coefficient (Wildman–Crippen LogP) is 0.808. The zero-order valence-electron chi connectivity index (χ0n) is 6.54. The third kappa shape index (κ3) is 1.81. The lowest BCUT2D eigenvalue weighted by Crippen LogP contribution is -2.13. The van der Waals surface area contributed by atoms with Crippen LogP contribution in [0.2, 0.25) is 0 Å². The van der Waals surface area contributed by atoms with E-state index in [1.165, 1.54) is 12.1 Å². The molecule has 1 rings (SSSR count). The number of hydrogen-bond donors (Lipinski definition) is 3. The third-order valence-electron chi connectivity index (χ3n) is 1.51. The van der Waals surface area contributed by atoms with E-state index in [4.69, 9.17) is 16.2 Å². The van der Waals surface area contributed by atoms with Crippen LogP contribution in [0, 0.1) is 11.2 Å². The molecule has 0 saturated carbocycles. The Morgan fingerprint density at radius 3 is 2.54 bits per heavy atom. The van der Waals surface area contributed by atoms with Gasteiger partial charge in [-0.3, -0.25) is 5.41 Å². The smallest absolute Gasteiger partial charge is 0.335 e. The molecular weight excluding hydrogens is 175 g/mol. The minimum atomic E-state index is -1.21. The maximum Gasteiger partial charge on any atom is 0.335 e. The molecule has 0 aromatic heterocycles. The van der Waals surface area contributed by atoms with Crippen LogP contribution in [0.25, 0.3) is 0 Å². The first-order valence-corrected chi connectivity index (χ1v) is 3.39. The average molecular weight is 182 g/mol. The van der Waals surface area contributed by atoms with E-state index in [9.17, 15) is 9.18 Å². The van der Waals surface area contributed by atoms with Crippen LogP contribution in [0.15, 0.2) is 18.2 Å². The van der Waals surface area contributed by atoms with E-state index in [1.807, 2.05) is 0 Å². The average Bonchev–Trinajstić information content (AvgIpc) is 2.03. The number of amidine groups is 1. The molecule has 4 N–H and O–H groups in total. The number of carboxylic acid groups (broad SMARTS) is 1. The molecule has 0 aliphatic heterocycles. The number of benzene rings is 1. The molecule has 4 nitrogen and oxygen atoms in total. The lowest BCUT2D eigenvalue weighted by atomic mass is 10.1. The first kappa shape index (κ1) is 9.18. The molecule has 68 valence electrons. The van der Waals surface area contributed by atoms with Crippen LogP contribution in [0.3, 0.4) is 0 Å². The van der Waals surface area contributed by atoms with Crippen molar-refractivity contribution in [1.82, 2.24) is 0 Å². The summed E-state index contributed by atoms with van der Waals surface area (Å²) in [4.78, 5) is 10.4. The first-order chi connectivity index (χ1) is 6.02. The van der Waals surface area contributed by atoms with Crippen molar-refractivity contribution >= 4 is 11.8 Å². The number of rotatable bonds is 2. The first-order valence-electron chi connectivity index (χ1n) is 3.39. The maximum absolute atomic E-state index is 13.0. The number of halogens is 1. The molecule has 0 aliphatic carbocycles. The molecule has 0 radical (unpaired) electrons. The summed E-state index contributed by atoms with van der Waals surface area (Å²) in [6.07, 6.45) is 0. The second kappa shape index (κ2) is 3.22. The number of nitrogen functional groups attached to an aromatic ring is 1. The standard InChI is InChI=1S/C8H7FN2O2/c9-6-3-4(8(12)13)1-2-5(6)7(10)11/h1-3H,(H3,10,11)(H,12,13). The van der Waals surface area contributed by atoms with Gasteiger partial charge in [-0.1, -0.05) is 0 Å². The van der Waals surface area contributed by atoms with Crippen molar-refractivity contribution in [2.45, 2.75) is 0 Å². The van der Waals surface area contributed by atoms with E-state index >= 15 is 0 Å². The van der Waals surface area contributed by atoms with Crippen LogP contribution in [-0.2, 0) is 0 Å². The number of carbonyl (C=O) groups is 1. The molecule has 0 saturated heterocycles. The van der Waals surface area contributed by atoms with Crippen molar-refractivity contribution in [2.24, 2.45) is 5.73 Å². The van der Waals surface area contributed by atoms with Gasteiger partial charge in [-0.25, -0.2) is 9.18 Å². The van der Waals surface area contributed by atoms with Crippen molar-refractivity contribution in [2.75, 3.05) is 0 Å². The van der Waals surface area contributed by atoms with Crippen LogP contribution >= 0.6 is 0 Å². The van der Waals surface area contributed by atoms with Crippen LogP contribution in [0.4, 0.5) is 4.39 Å². The molecule has 0 heterocycles. The normalized spacial score (nSPS) is 9.62. The van der Waals surface area contributed by atoms with Crippen LogP contribution in [0.5, 0.6) is 0 Å². The molecule has 0 aliphatic rings. The van der Waals surface area contributed by atoms with Gasteiger partial charge >= 0.3 is 5.97 Å². The van der Waals surface area contributed by atoms with Gasteiger partial charge in [0, 0.05) is 0 Å². The summed E-state index contributed by atoms with van der Waals surface area (Å²) in [5, 5.41) is 15.4. The number of hydrogen-bond acceptors (Lipinski definition) is 2. The summed E-state index contributed by atoms with van der Waals surface area (Å²) < 4.78 is 13.0. The van der Waals surface area contributed by atoms with Crippen molar-refractivity contribution in [3.05, 3.63) is 35.1 Å². The van der Waals surface area contributed by atoms with Gasteiger partial charge in [0.25, 0.3) is 0 Å². The molecule has 0 amide bonds. The fraction of sp³-hybridized carbons (Fsp3) is 0. The van der Waals surface area contributed by atoms with Crippen LogP contribution < -0.4 is 5.73 Å². The Bertz CT molecular complexity index is 376. The lowest BCUT2D eigenvalue weighted by molar-refractivity contribution is 0.0696. The molecule has 13 heavy (non-hydrogen) atoms. The highest BCUT2D eigenvalue weighted by molar-refractivity contribution is 5.96. The summed E-state index contributed by atoms with van der Waals surface area (Å²) in [6.45, 7) is 0. The molecule has 0 atom stereocenters. The number of nitrogens with two attached hydrogens (primary N) is 1. The topological polar surface area (TPSA) is 87.2 Å². The van der Waals surface area contributed by atoms with E-state index in [1.54, 1.807) is 0 Å². The van der Waals surface area contributed by atoms with Crippen LogP contribution in [0.1, 0.15) is 15.9 Å². The second-order valence-corrected chi connectivity index (χ2v) is 2.41. The Morgan fingerprint density at radius 2 is 2.15 bits per heavy atom. The molecule has 0 spiro atoms. The largest absolute Gasteiger partial charge is 0.478 e. The van der Waals surface area contributed by atoms with Gasteiger partial charge in [0.05, 0.1) is 11.1 Å². The fourth-order valence-electron chi connectivity index (χ4n) is 0.867. The predicted molar refractivity (Wildman–Crippen MR) is 44.4 cm³/mol. The van der Waals surface area contributed by atoms with Crippen molar-refractivity contribution in [3.63, 3.8) is 0 Å². The quantitative estimate of drug-likeness (QED) is 0.467. The molecule has 1 aromatic rings. The number of carboxylic acids is 1. The second-order valence-electron chi connectivity index (χ2n) is 2.41. The number of aromatic carboxylic acids is 1. The highest BCUT2D eigenvalue weighted by Crippen LogP contribution is 2.09. The van der Waals surface area contributed by atoms with E-state index in [0.717, 1.165) is 6.07 Å². The Morgan fingerprint density at radius 1 is 1.54 bits per heavy atom. The zero-order valence-corrected chi connectivity index (χ0v) is 6.54. The van der Waals surface area contributed by atoms with E-state index in [2.05, 4.69) is 0 Å². The fourth-order valence-corrected chi connectivity index (χ4v) is 0.867. The summed E-state index contributed by atoms with van der Waals surface area (Å²) in [7, 11) is 0. The molecule has 1 aromatic carbocycles. The molecular formula is C8H7FN2O2. The SMILES string of the molecule is N=C(N)c1ccc(C(=O)O)cc1F. The van der Waals surface area contributed by atoms with Gasteiger partial charge < -0.3 is 10.8 Å². The van der Waals surface area contributed by atoms with Gasteiger partial charge in [0.1, 0.15) is 11.7 Å². The highest BCUT2D eigenvalue weighted by atomic mass is 19.1. The Balaban J connectivity index is 3.20. The zero-order chi connectivity index (χ0) is 10.0. The Labute approximate surface area is 73.3 Å². The summed E-state index contributed by atoms with van der Waals surface area (Å²) in [5.74, 6) is -2.43. The van der Waals surface area contributed by atoms with Crippen LogP contribution in [-0.4, -0.2) is 16.9 Å². The Hall–Kier alpha value is -1.91. The third-order valence-corrected chi connectivity index (χ3v) is 1.51. The van der Waals surface area contributed by atoms with E-state index in [0.29, 0.717) is 0 Å². The molecule has 0 fully saturated rings. The minimum absolute atomic E-state index is 0.0926. The summed E-state index contributed by atoms with van der Waals surface area (Å²) in [5.41, 5.74) is 4.78. The van der Waals surface area contributed by atoms with Crippen molar-refractivity contribution in [3.8, 4) is 0 Å². The van der Waals surface area contributed by atoms with E-state index < -0.39 is 17.6 Å². The van der Waals surface area contributed by atoms with Gasteiger partial charge in [0.15, 0.2) is 0 Å². The van der Waals surface area contributed by atoms with Crippen molar-refractivity contribution < 1.29 is 14.3 Å². The van der Waals surface area contributed by atoms with Crippen molar-refractivity contribution in [1.29, 1.82) is 5.41 Å². The monoisotopic (exact) mass is 182 g/mol.